The first-order valence-electron chi connectivity index (χ1n) is 7.87. The zero-order valence-corrected chi connectivity index (χ0v) is 13.1. The highest BCUT2D eigenvalue weighted by Gasteiger charge is 2.24. The van der Waals surface area contributed by atoms with Crippen LogP contribution in [0.5, 0.6) is 0 Å². The largest absolute Gasteiger partial charge is 0.333 e. The van der Waals surface area contributed by atoms with Crippen LogP contribution in [0.15, 0.2) is 65.3 Å². The molecule has 0 bridgehead atoms. The minimum Gasteiger partial charge on any atom is -0.333 e. The predicted molar refractivity (Wildman–Crippen MR) is 93.3 cm³/mol. The van der Waals surface area contributed by atoms with Gasteiger partial charge in [-0.3, -0.25) is 4.99 Å². The standard InChI is InChI=1S/C20H20N2/c1-14-6-7-19-16(10-14)4-3-5-18(19)17-12-21-20-11-15(2)8-9-22(20)13-17/h3-11,17H,12-13H2,1-2H3. The van der Waals surface area contributed by atoms with Crippen molar-refractivity contribution in [1.82, 2.24) is 4.90 Å². The molecular weight excluding hydrogens is 268 g/mol. The molecule has 2 aromatic rings. The monoisotopic (exact) mass is 288 g/mol. The summed E-state index contributed by atoms with van der Waals surface area (Å²) in [6.07, 6.45) is 6.49. The van der Waals surface area contributed by atoms with Gasteiger partial charge in [0.2, 0.25) is 0 Å². The molecule has 110 valence electrons. The summed E-state index contributed by atoms with van der Waals surface area (Å²) in [4.78, 5) is 7.07. The summed E-state index contributed by atoms with van der Waals surface area (Å²) in [6, 6.07) is 13.4. The maximum atomic E-state index is 4.80. The molecule has 1 atom stereocenters. The Hall–Kier alpha value is -2.35. The molecule has 1 unspecified atom stereocenters. The van der Waals surface area contributed by atoms with Gasteiger partial charge in [0, 0.05) is 25.2 Å². The van der Waals surface area contributed by atoms with Crippen LogP contribution in [0, 0.1) is 6.92 Å². The lowest BCUT2D eigenvalue weighted by atomic mass is 9.91. The van der Waals surface area contributed by atoms with E-state index in [4.69, 9.17) is 4.99 Å². The molecule has 0 amide bonds. The molecular formula is C20H20N2. The van der Waals surface area contributed by atoms with E-state index in [1.807, 2.05) is 0 Å². The van der Waals surface area contributed by atoms with Crippen LogP contribution in [-0.4, -0.2) is 23.8 Å². The van der Waals surface area contributed by atoms with Gasteiger partial charge in [0.05, 0.1) is 0 Å². The highest BCUT2D eigenvalue weighted by atomic mass is 15.2. The van der Waals surface area contributed by atoms with Gasteiger partial charge in [-0.25, -0.2) is 0 Å². The van der Waals surface area contributed by atoms with E-state index in [1.165, 1.54) is 27.5 Å². The van der Waals surface area contributed by atoms with Crippen LogP contribution in [0.3, 0.4) is 0 Å². The molecule has 0 radical (unpaired) electrons. The highest BCUT2D eigenvalue weighted by Crippen LogP contribution is 2.30. The van der Waals surface area contributed by atoms with E-state index < -0.39 is 0 Å². The van der Waals surface area contributed by atoms with Gasteiger partial charge in [-0.2, -0.15) is 0 Å². The number of rotatable bonds is 1. The molecule has 0 fully saturated rings. The molecule has 2 heterocycles. The van der Waals surface area contributed by atoms with Crippen molar-refractivity contribution in [3.05, 3.63) is 71.5 Å². The Bertz CT molecular complexity index is 827. The van der Waals surface area contributed by atoms with Crippen molar-refractivity contribution in [1.29, 1.82) is 0 Å². The van der Waals surface area contributed by atoms with Crippen molar-refractivity contribution >= 4 is 16.6 Å². The summed E-state index contributed by atoms with van der Waals surface area (Å²) in [5.41, 5.74) is 4.00. The second-order valence-electron chi connectivity index (χ2n) is 6.32. The number of amidine groups is 1. The van der Waals surface area contributed by atoms with E-state index in [1.54, 1.807) is 0 Å². The molecule has 0 saturated carbocycles. The zero-order chi connectivity index (χ0) is 15.1. The summed E-state index contributed by atoms with van der Waals surface area (Å²) in [5.74, 6) is 1.55. The first-order chi connectivity index (χ1) is 10.7. The molecule has 0 aliphatic carbocycles. The average molecular weight is 288 g/mol. The van der Waals surface area contributed by atoms with Gasteiger partial charge in [0.15, 0.2) is 0 Å². The van der Waals surface area contributed by atoms with Crippen LogP contribution in [-0.2, 0) is 0 Å². The number of nitrogens with zero attached hydrogens (tertiary/aromatic N) is 2. The van der Waals surface area contributed by atoms with Gasteiger partial charge in [-0.05, 0) is 47.9 Å². The molecule has 22 heavy (non-hydrogen) atoms. The number of allylic oxidation sites excluding steroid dienone is 2. The van der Waals surface area contributed by atoms with Gasteiger partial charge in [-0.15, -0.1) is 0 Å². The number of hydrogen-bond donors (Lipinski definition) is 0. The van der Waals surface area contributed by atoms with Crippen LogP contribution in [0.4, 0.5) is 0 Å². The Labute approximate surface area is 131 Å². The van der Waals surface area contributed by atoms with Crippen LogP contribution in [0.1, 0.15) is 24.0 Å². The molecule has 2 aliphatic heterocycles. The third kappa shape index (κ3) is 2.25. The van der Waals surface area contributed by atoms with Crippen LogP contribution >= 0.6 is 0 Å². The maximum absolute atomic E-state index is 4.80. The van der Waals surface area contributed by atoms with Crippen molar-refractivity contribution < 1.29 is 0 Å². The van der Waals surface area contributed by atoms with Gasteiger partial charge in [-0.1, -0.05) is 42.0 Å². The van der Waals surface area contributed by atoms with Gasteiger partial charge < -0.3 is 4.90 Å². The molecule has 0 N–H and O–H groups in total. The van der Waals surface area contributed by atoms with Gasteiger partial charge in [0.25, 0.3) is 0 Å². The Kier molecular flexibility index (Phi) is 3.11. The summed E-state index contributed by atoms with van der Waals surface area (Å²) in [6.45, 7) is 6.15. The van der Waals surface area contributed by atoms with E-state index in [0.29, 0.717) is 5.92 Å². The molecule has 2 aliphatic rings. The van der Waals surface area contributed by atoms with Crippen molar-refractivity contribution in [3.8, 4) is 0 Å². The van der Waals surface area contributed by atoms with E-state index >= 15 is 0 Å². The van der Waals surface area contributed by atoms with Crippen molar-refractivity contribution in [3.63, 3.8) is 0 Å². The lowest BCUT2D eigenvalue weighted by molar-refractivity contribution is 0.462. The lowest BCUT2D eigenvalue weighted by Gasteiger charge is -2.33. The van der Waals surface area contributed by atoms with Crippen LogP contribution < -0.4 is 0 Å². The first kappa shape index (κ1) is 13.3. The van der Waals surface area contributed by atoms with Gasteiger partial charge >= 0.3 is 0 Å². The van der Waals surface area contributed by atoms with Crippen molar-refractivity contribution in [2.75, 3.05) is 13.1 Å². The number of benzene rings is 2. The first-order valence-corrected chi connectivity index (χ1v) is 7.87. The van der Waals surface area contributed by atoms with Gasteiger partial charge in [0.1, 0.15) is 5.84 Å². The maximum Gasteiger partial charge on any atom is 0.127 e. The van der Waals surface area contributed by atoms with E-state index in [9.17, 15) is 0 Å². The predicted octanol–water partition coefficient (Wildman–Crippen LogP) is 4.42. The molecule has 0 spiro atoms. The topological polar surface area (TPSA) is 15.6 Å². The smallest absolute Gasteiger partial charge is 0.127 e. The quantitative estimate of drug-likeness (QED) is 0.758. The van der Waals surface area contributed by atoms with E-state index in [0.717, 1.165) is 18.9 Å². The molecule has 2 aromatic carbocycles. The number of fused-ring (bicyclic) bond motifs is 2. The molecule has 2 heteroatoms. The van der Waals surface area contributed by atoms with E-state index in [-0.39, 0.29) is 0 Å². The number of aryl methyl sites for hydroxylation is 1. The third-order valence-electron chi connectivity index (χ3n) is 4.57. The second-order valence-corrected chi connectivity index (χ2v) is 6.32. The van der Waals surface area contributed by atoms with Crippen LogP contribution in [0.25, 0.3) is 10.8 Å². The summed E-state index contributed by atoms with van der Waals surface area (Å²) < 4.78 is 0. The Morgan fingerprint density at radius 3 is 2.95 bits per heavy atom. The normalized spacial score (nSPS) is 20.6. The van der Waals surface area contributed by atoms with Crippen molar-refractivity contribution in [2.45, 2.75) is 19.8 Å². The van der Waals surface area contributed by atoms with Crippen LogP contribution in [0.2, 0.25) is 0 Å². The Balaban J connectivity index is 1.74. The SMILES string of the molecule is CC1=CC2=NCC(c3cccc4cc(C)ccc34)CN2C=C1. The summed E-state index contributed by atoms with van der Waals surface area (Å²) >= 11 is 0. The number of aliphatic imine (C=N–C) groups is 1. The fourth-order valence-corrected chi connectivity index (χ4v) is 3.39. The lowest BCUT2D eigenvalue weighted by Crippen LogP contribution is -2.36. The highest BCUT2D eigenvalue weighted by molar-refractivity contribution is 5.96. The van der Waals surface area contributed by atoms with E-state index in [2.05, 4.69) is 73.5 Å². The Morgan fingerprint density at radius 1 is 1.14 bits per heavy atom. The minimum atomic E-state index is 0.451. The fourth-order valence-electron chi connectivity index (χ4n) is 3.39. The summed E-state index contributed by atoms with van der Waals surface area (Å²) in [5, 5.41) is 2.70. The fraction of sp³-hybridized carbons (Fsp3) is 0.250. The molecule has 0 saturated heterocycles. The van der Waals surface area contributed by atoms with Crippen molar-refractivity contribution in [2.24, 2.45) is 4.99 Å². The Morgan fingerprint density at radius 2 is 2.05 bits per heavy atom. The average Bonchev–Trinajstić information content (AvgIpc) is 2.53. The number of hydrogen-bond acceptors (Lipinski definition) is 2. The second kappa shape index (κ2) is 5.13. The third-order valence-corrected chi connectivity index (χ3v) is 4.57. The zero-order valence-electron chi connectivity index (χ0n) is 13.1. The molecule has 4 rings (SSSR count). The minimum absolute atomic E-state index is 0.451. The molecule has 0 aromatic heterocycles. The summed E-state index contributed by atoms with van der Waals surface area (Å²) in [7, 11) is 0. The molecule has 2 nitrogen and oxygen atoms in total.